The third-order valence-corrected chi connectivity index (χ3v) is 6.11. The Morgan fingerprint density at radius 2 is 1.89 bits per heavy atom. The Hall–Kier alpha value is -2.70. The molecule has 28 heavy (non-hydrogen) atoms. The Balaban J connectivity index is 1.78. The van der Waals surface area contributed by atoms with Crippen molar-refractivity contribution in [1.82, 2.24) is 9.97 Å². The summed E-state index contributed by atoms with van der Waals surface area (Å²) in [7, 11) is 1.81. The fourth-order valence-corrected chi connectivity index (χ4v) is 5.46. The maximum Gasteiger partial charge on any atom is 0.353 e. The zero-order valence-corrected chi connectivity index (χ0v) is 16.9. The molecule has 2 aliphatic rings. The molecule has 2 heterocycles. The number of rotatable bonds is 4. The highest BCUT2D eigenvalue weighted by Gasteiger charge is 2.51. The molecule has 1 aliphatic heterocycles. The summed E-state index contributed by atoms with van der Waals surface area (Å²) >= 11 is 0. The van der Waals surface area contributed by atoms with Crippen LogP contribution in [0.1, 0.15) is 40.0 Å². The lowest BCUT2D eigenvalue weighted by Crippen LogP contribution is -2.35. The number of nitrogens with zero attached hydrogens (tertiary/aromatic N) is 5. The van der Waals surface area contributed by atoms with Crippen LogP contribution in [-0.4, -0.2) is 34.5 Å². The van der Waals surface area contributed by atoms with Gasteiger partial charge in [0.15, 0.2) is 0 Å². The second kappa shape index (κ2) is 6.43. The number of aromatic nitrogens is 2. The molecule has 4 rings (SSSR count). The minimum Gasteiger partial charge on any atom is -0.347 e. The average molecular weight is 381 g/mol. The van der Waals surface area contributed by atoms with Crippen LogP contribution in [0.5, 0.6) is 0 Å². The van der Waals surface area contributed by atoms with E-state index in [0.717, 1.165) is 31.5 Å². The molecule has 1 saturated carbocycles. The van der Waals surface area contributed by atoms with Crippen LogP contribution in [0, 0.1) is 20.9 Å². The van der Waals surface area contributed by atoms with E-state index in [1.165, 1.54) is 6.33 Å². The number of hydrogen-bond donors (Lipinski definition) is 0. The molecule has 2 fully saturated rings. The summed E-state index contributed by atoms with van der Waals surface area (Å²) < 4.78 is 0. The molecule has 1 saturated heterocycles. The number of benzene rings is 1. The highest BCUT2D eigenvalue weighted by Crippen LogP contribution is 2.54. The number of hydrogen-bond acceptors (Lipinski definition) is 6. The average Bonchev–Trinajstić information content (AvgIpc) is 2.89. The molecular weight excluding hydrogens is 354 g/mol. The van der Waals surface area contributed by atoms with E-state index in [0.29, 0.717) is 11.6 Å². The van der Waals surface area contributed by atoms with Gasteiger partial charge in [0.25, 0.3) is 0 Å². The molecule has 0 amide bonds. The summed E-state index contributed by atoms with van der Waals surface area (Å²) in [6, 6.07) is 9.84. The highest BCUT2D eigenvalue weighted by molar-refractivity contribution is 5.76. The van der Waals surface area contributed by atoms with Crippen LogP contribution < -0.4 is 9.80 Å². The van der Waals surface area contributed by atoms with Crippen LogP contribution >= 0.6 is 0 Å². The van der Waals surface area contributed by atoms with Gasteiger partial charge < -0.3 is 9.80 Å². The summed E-state index contributed by atoms with van der Waals surface area (Å²) in [5, 5.41) is 12.1. The van der Waals surface area contributed by atoms with Gasteiger partial charge in [-0.3, -0.25) is 10.1 Å². The van der Waals surface area contributed by atoms with Gasteiger partial charge >= 0.3 is 5.69 Å². The van der Waals surface area contributed by atoms with Crippen LogP contribution in [0.4, 0.5) is 23.0 Å². The van der Waals surface area contributed by atoms with Gasteiger partial charge in [0, 0.05) is 25.3 Å². The lowest BCUT2D eigenvalue weighted by Gasteiger charge is -2.39. The van der Waals surface area contributed by atoms with Crippen molar-refractivity contribution in [2.24, 2.45) is 10.8 Å². The minimum atomic E-state index is -0.333. The zero-order chi connectivity index (χ0) is 20.1. The summed E-state index contributed by atoms with van der Waals surface area (Å²) in [5.74, 6) is 0.774. The van der Waals surface area contributed by atoms with Crippen molar-refractivity contribution in [3.05, 3.63) is 46.8 Å². The Labute approximate surface area is 165 Å². The topological polar surface area (TPSA) is 75.4 Å². The predicted octanol–water partition coefficient (Wildman–Crippen LogP) is 4.56. The molecule has 1 aliphatic carbocycles. The quantitative estimate of drug-likeness (QED) is 0.571. The lowest BCUT2D eigenvalue weighted by molar-refractivity contribution is -0.383. The van der Waals surface area contributed by atoms with E-state index in [-0.39, 0.29) is 27.5 Å². The van der Waals surface area contributed by atoms with Gasteiger partial charge in [-0.1, -0.05) is 39.0 Å². The molecule has 0 N–H and O–H groups in total. The number of nitro groups is 1. The van der Waals surface area contributed by atoms with Gasteiger partial charge in [0.05, 0.1) is 4.92 Å². The van der Waals surface area contributed by atoms with Crippen molar-refractivity contribution < 1.29 is 4.92 Å². The first-order valence-corrected chi connectivity index (χ1v) is 9.74. The molecule has 0 spiro atoms. The van der Waals surface area contributed by atoms with E-state index < -0.39 is 0 Å². The molecule has 0 radical (unpaired) electrons. The molecular formula is C21H27N5O2. The van der Waals surface area contributed by atoms with Gasteiger partial charge in [0.1, 0.15) is 6.33 Å². The number of fused-ring (bicyclic) bond motifs is 2. The molecule has 148 valence electrons. The minimum absolute atomic E-state index is 0.0113. The van der Waals surface area contributed by atoms with Gasteiger partial charge in [-0.25, -0.2) is 9.97 Å². The zero-order valence-electron chi connectivity index (χ0n) is 16.9. The number of anilines is 3. The largest absolute Gasteiger partial charge is 0.353 e. The van der Waals surface area contributed by atoms with Crippen LogP contribution in [0.3, 0.4) is 0 Å². The molecule has 1 aromatic carbocycles. The van der Waals surface area contributed by atoms with E-state index in [9.17, 15) is 10.1 Å². The van der Waals surface area contributed by atoms with E-state index in [1.807, 2.05) is 30.3 Å². The first kappa shape index (κ1) is 18.7. The van der Waals surface area contributed by atoms with Crippen molar-refractivity contribution in [2.45, 2.75) is 46.1 Å². The van der Waals surface area contributed by atoms with Crippen molar-refractivity contribution in [3.8, 4) is 0 Å². The SMILES string of the molecule is CN(c1ccccc1)c1ncnc(N2CC3(C)CC2CC(C)(C)C3)c1[N+](=O)[O-]. The Bertz CT molecular complexity index is 901. The summed E-state index contributed by atoms with van der Waals surface area (Å²) in [6.45, 7) is 7.69. The molecule has 2 bridgehead atoms. The maximum absolute atomic E-state index is 12.1. The van der Waals surface area contributed by atoms with Crippen LogP contribution in [-0.2, 0) is 0 Å². The van der Waals surface area contributed by atoms with Crippen molar-refractivity contribution in [1.29, 1.82) is 0 Å². The van der Waals surface area contributed by atoms with Crippen LogP contribution in [0.15, 0.2) is 36.7 Å². The second-order valence-electron chi connectivity index (χ2n) is 9.36. The lowest BCUT2D eigenvalue weighted by atomic mass is 9.65. The number of para-hydroxylation sites is 1. The molecule has 2 aromatic rings. The van der Waals surface area contributed by atoms with E-state index in [1.54, 1.807) is 11.9 Å². The van der Waals surface area contributed by atoms with Gasteiger partial charge in [-0.05, 0) is 42.2 Å². The molecule has 1 aromatic heterocycles. The standard InChI is InChI=1S/C21H27N5O2/c1-20(2)10-16-11-21(3,12-20)13-25(16)19-17(26(27)28)18(22-14-23-19)24(4)15-8-6-5-7-9-15/h5-9,14,16H,10-13H2,1-4H3. The van der Waals surface area contributed by atoms with Gasteiger partial charge in [-0.2, -0.15) is 0 Å². The molecule has 2 unspecified atom stereocenters. The normalized spacial score (nSPS) is 25.6. The maximum atomic E-state index is 12.1. The third kappa shape index (κ3) is 3.19. The molecule has 7 nitrogen and oxygen atoms in total. The van der Waals surface area contributed by atoms with Crippen molar-refractivity contribution in [3.63, 3.8) is 0 Å². The Kier molecular flexibility index (Phi) is 4.28. The fraction of sp³-hybridized carbons (Fsp3) is 0.524. The summed E-state index contributed by atoms with van der Waals surface area (Å²) in [5.41, 5.74) is 1.24. The van der Waals surface area contributed by atoms with Gasteiger partial charge in [-0.15, -0.1) is 0 Å². The second-order valence-corrected chi connectivity index (χ2v) is 9.36. The van der Waals surface area contributed by atoms with E-state index in [2.05, 4.69) is 35.6 Å². The van der Waals surface area contributed by atoms with Crippen LogP contribution in [0.25, 0.3) is 0 Å². The smallest absolute Gasteiger partial charge is 0.347 e. The summed E-state index contributed by atoms with van der Waals surface area (Å²) in [4.78, 5) is 24.4. The first-order chi connectivity index (χ1) is 13.2. The molecule has 2 atom stereocenters. The Morgan fingerprint density at radius 3 is 2.57 bits per heavy atom. The fourth-order valence-electron chi connectivity index (χ4n) is 5.46. The monoisotopic (exact) mass is 381 g/mol. The summed E-state index contributed by atoms with van der Waals surface area (Å²) in [6.07, 6.45) is 4.66. The van der Waals surface area contributed by atoms with Crippen molar-refractivity contribution >= 4 is 23.0 Å². The Morgan fingerprint density at radius 1 is 1.18 bits per heavy atom. The predicted molar refractivity (Wildman–Crippen MR) is 110 cm³/mol. The van der Waals surface area contributed by atoms with Crippen molar-refractivity contribution in [2.75, 3.05) is 23.4 Å². The van der Waals surface area contributed by atoms with E-state index >= 15 is 0 Å². The van der Waals surface area contributed by atoms with Gasteiger partial charge in [0.2, 0.25) is 11.6 Å². The van der Waals surface area contributed by atoms with E-state index in [4.69, 9.17) is 0 Å². The first-order valence-electron chi connectivity index (χ1n) is 9.74. The third-order valence-electron chi connectivity index (χ3n) is 6.11. The highest BCUT2D eigenvalue weighted by atomic mass is 16.6. The molecule has 7 heteroatoms. The van der Waals surface area contributed by atoms with Crippen LogP contribution in [0.2, 0.25) is 0 Å².